The Kier molecular flexibility index (Phi) is 6.36. The lowest BCUT2D eigenvalue weighted by Gasteiger charge is -2.50. The average Bonchev–Trinajstić information content (AvgIpc) is 3.83. The van der Waals surface area contributed by atoms with E-state index in [-0.39, 0.29) is 16.9 Å². The Morgan fingerprint density at radius 3 is 2.39 bits per heavy atom. The zero-order chi connectivity index (χ0) is 32.7. The zero-order valence-corrected chi connectivity index (χ0v) is 28.1. The molecule has 1 aromatic heterocycles. The second-order valence-corrected chi connectivity index (χ2v) is 14.9. The van der Waals surface area contributed by atoms with Gasteiger partial charge in [0.25, 0.3) is 0 Å². The van der Waals surface area contributed by atoms with Crippen LogP contribution in [0, 0.1) is 0 Å². The quantitative estimate of drug-likeness (QED) is 0.144. The van der Waals surface area contributed by atoms with E-state index in [2.05, 4.69) is 145 Å². The molecular weight excluding hydrogens is 595 g/mol. The fraction of sp³-hybridized carbons (Fsp3) is 0.239. The lowest BCUT2D eigenvalue weighted by Crippen LogP contribution is -2.41. The van der Waals surface area contributed by atoms with Crippen molar-refractivity contribution in [1.82, 2.24) is 4.57 Å². The number of allylic oxidation sites excluding steroid dienone is 4. The molecule has 4 aliphatic rings. The topological polar surface area (TPSA) is 43.3 Å². The molecule has 3 heteroatoms. The largest absolute Gasteiger partial charge is 0.330 e. The van der Waals surface area contributed by atoms with Crippen LogP contribution in [0.3, 0.4) is 0 Å². The Labute approximate surface area is 288 Å². The average molecular weight is 636 g/mol. The van der Waals surface area contributed by atoms with Gasteiger partial charge in [-0.25, -0.2) is 0 Å². The van der Waals surface area contributed by atoms with Crippen LogP contribution in [0.2, 0.25) is 0 Å². The summed E-state index contributed by atoms with van der Waals surface area (Å²) in [7, 11) is 0. The standard InChI is InChI=1S/C46H41N3/c1-45-23-10-14-32(44(45)35-13-3-5-15-38(35)45)30-18-20-31(21-19-30)41(22-26-47)48-29-49-42-17-7-4-12-34(42)37-27-36-33-11-2-6-16-39(33)46(24-8-9-25-46)40(36)28-43(37)49/h2-7,10-21,23,27-29,41,44H,8-9,22,24-26,47H2,1H3. The molecular formula is C46H41N3. The van der Waals surface area contributed by atoms with E-state index in [0.717, 1.165) is 6.42 Å². The number of aliphatic imine (C=N–C) groups is 1. The van der Waals surface area contributed by atoms with Gasteiger partial charge in [0.2, 0.25) is 0 Å². The monoisotopic (exact) mass is 635 g/mol. The second-order valence-electron chi connectivity index (χ2n) is 14.9. The molecule has 10 rings (SSSR count). The first-order chi connectivity index (χ1) is 24.1. The van der Waals surface area contributed by atoms with Crippen LogP contribution in [0.1, 0.15) is 84.4 Å². The third-order valence-electron chi connectivity index (χ3n) is 12.5. The second kappa shape index (κ2) is 10.8. The highest BCUT2D eigenvalue weighted by Gasteiger charge is 2.49. The van der Waals surface area contributed by atoms with Crippen molar-refractivity contribution in [3.8, 4) is 11.1 Å². The van der Waals surface area contributed by atoms with E-state index < -0.39 is 0 Å². The van der Waals surface area contributed by atoms with Gasteiger partial charge in [-0.15, -0.1) is 0 Å². The molecule has 0 bridgehead atoms. The van der Waals surface area contributed by atoms with Crippen molar-refractivity contribution in [2.75, 3.05) is 6.54 Å². The minimum atomic E-state index is -0.0231. The molecule has 3 unspecified atom stereocenters. The van der Waals surface area contributed by atoms with Crippen molar-refractivity contribution in [1.29, 1.82) is 0 Å². The van der Waals surface area contributed by atoms with Crippen LogP contribution in [0.25, 0.3) is 38.5 Å². The molecule has 4 aliphatic carbocycles. The molecule has 1 fully saturated rings. The number of fused-ring (bicyclic) bond motifs is 12. The van der Waals surface area contributed by atoms with Gasteiger partial charge in [-0.1, -0.05) is 129 Å². The molecule has 1 saturated carbocycles. The van der Waals surface area contributed by atoms with Crippen molar-refractivity contribution in [3.05, 3.63) is 161 Å². The summed E-state index contributed by atoms with van der Waals surface area (Å²) in [5, 5.41) is 2.57. The summed E-state index contributed by atoms with van der Waals surface area (Å²) >= 11 is 0. The Balaban J connectivity index is 1.03. The van der Waals surface area contributed by atoms with E-state index in [1.165, 1.54) is 97.6 Å². The van der Waals surface area contributed by atoms with Crippen LogP contribution in [0.5, 0.6) is 0 Å². The summed E-state index contributed by atoms with van der Waals surface area (Å²) in [6, 6.07) is 40.9. The van der Waals surface area contributed by atoms with Gasteiger partial charge in [0.15, 0.2) is 0 Å². The van der Waals surface area contributed by atoms with Gasteiger partial charge < -0.3 is 10.3 Å². The first kappa shape index (κ1) is 29.0. The van der Waals surface area contributed by atoms with Gasteiger partial charge in [0.05, 0.1) is 23.4 Å². The molecule has 49 heavy (non-hydrogen) atoms. The van der Waals surface area contributed by atoms with E-state index in [9.17, 15) is 0 Å². The van der Waals surface area contributed by atoms with Crippen LogP contribution in [-0.4, -0.2) is 17.5 Å². The van der Waals surface area contributed by atoms with Crippen molar-refractivity contribution >= 4 is 33.7 Å². The number of rotatable bonds is 6. The Bertz CT molecular complexity index is 2380. The highest BCUT2D eigenvalue weighted by atomic mass is 15.0. The Morgan fingerprint density at radius 1 is 0.796 bits per heavy atom. The van der Waals surface area contributed by atoms with Gasteiger partial charge in [0, 0.05) is 27.5 Å². The summed E-state index contributed by atoms with van der Waals surface area (Å²) < 4.78 is 2.34. The Hall–Kier alpha value is -4.99. The first-order valence-corrected chi connectivity index (χ1v) is 18.1. The number of hydrogen-bond donors (Lipinski definition) is 1. The van der Waals surface area contributed by atoms with Crippen molar-refractivity contribution in [2.24, 2.45) is 10.7 Å². The van der Waals surface area contributed by atoms with Crippen LogP contribution in [0.4, 0.5) is 0 Å². The molecule has 0 radical (unpaired) electrons. The van der Waals surface area contributed by atoms with Gasteiger partial charge in [-0.2, -0.15) is 0 Å². The van der Waals surface area contributed by atoms with Crippen molar-refractivity contribution in [2.45, 2.75) is 61.8 Å². The highest BCUT2D eigenvalue weighted by Crippen LogP contribution is 2.60. The zero-order valence-electron chi connectivity index (χ0n) is 28.1. The molecule has 5 aromatic carbocycles. The first-order valence-electron chi connectivity index (χ1n) is 18.1. The van der Waals surface area contributed by atoms with Crippen LogP contribution >= 0.6 is 0 Å². The normalized spacial score (nSPS) is 21.8. The number of para-hydroxylation sites is 1. The van der Waals surface area contributed by atoms with Crippen LogP contribution in [0.15, 0.2) is 132 Å². The van der Waals surface area contributed by atoms with E-state index >= 15 is 0 Å². The molecule has 0 amide bonds. The number of hydrogen-bond acceptors (Lipinski definition) is 2. The fourth-order valence-corrected chi connectivity index (χ4v) is 10.1. The lowest BCUT2D eigenvalue weighted by molar-refractivity contribution is 0.463. The fourth-order valence-electron chi connectivity index (χ4n) is 10.1. The third-order valence-corrected chi connectivity index (χ3v) is 12.5. The third kappa shape index (κ3) is 4.03. The summed E-state index contributed by atoms with van der Waals surface area (Å²) in [6.07, 6.45) is 14.8. The number of aromatic nitrogens is 1. The molecule has 6 aromatic rings. The van der Waals surface area contributed by atoms with Crippen LogP contribution in [-0.2, 0) is 10.8 Å². The minimum absolute atomic E-state index is 0.0231. The summed E-state index contributed by atoms with van der Waals surface area (Å²) in [5.74, 6) is 0.394. The van der Waals surface area contributed by atoms with E-state index in [1.54, 1.807) is 0 Å². The number of benzene rings is 5. The van der Waals surface area contributed by atoms with E-state index in [0.29, 0.717) is 12.5 Å². The lowest BCUT2D eigenvalue weighted by atomic mass is 9.52. The Morgan fingerprint density at radius 2 is 1.55 bits per heavy atom. The van der Waals surface area contributed by atoms with Gasteiger partial charge in [-0.3, -0.25) is 4.99 Å². The van der Waals surface area contributed by atoms with E-state index in [1.807, 2.05) is 0 Å². The molecule has 0 aliphatic heterocycles. The molecule has 240 valence electrons. The maximum absolute atomic E-state index is 6.22. The summed E-state index contributed by atoms with van der Waals surface area (Å²) in [6.45, 7) is 2.96. The van der Waals surface area contributed by atoms with Crippen molar-refractivity contribution < 1.29 is 0 Å². The molecule has 0 saturated heterocycles. The predicted octanol–water partition coefficient (Wildman–Crippen LogP) is 10.6. The summed E-state index contributed by atoms with van der Waals surface area (Å²) in [4.78, 5) is 5.30. The van der Waals surface area contributed by atoms with Gasteiger partial charge in [0.1, 0.15) is 0 Å². The number of nitrogens with two attached hydrogens (primary N) is 1. The SMILES string of the molecule is CC12C=CC=C(c3ccc(C(CCN)N=Cn4c5ccccc5c5cc6c(cc54)C4(CCCC4)c4ccccc4-6)cc3)C1c1ccccc12. The highest BCUT2D eigenvalue weighted by molar-refractivity contribution is 6.13. The number of nitrogens with zero attached hydrogens (tertiary/aromatic N) is 2. The van der Waals surface area contributed by atoms with E-state index in [4.69, 9.17) is 10.7 Å². The minimum Gasteiger partial charge on any atom is -0.330 e. The van der Waals surface area contributed by atoms with Crippen molar-refractivity contribution in [3.63, 3.8) is 0 Å². The maximum Gasteiger partial charge on any atom is 0.0948 e. The molecule has 2 N–H and O–H groups in total. The molecule has 1 spiro atoms. The smallest absolute Gasteiger partial charge is 0.0948 e. The maximum atomic E-state index is 6.22. The predicted molar refractivity (Wildman–Crippen MR) is 205 cm³/mol. The van der Waals surface area contributed by atoms with Crippen LogP contribution < -0.4 is 5.73 Å². The molecule has 3 atom stereocenters. The summed E-state index contributed by atoms with van der Waals surface area (Å²) in [5.41, 5.74) is 21.5. The van der Waals surface area contributed by atoms with Gasteiger partial charge in [-0.05, 0) is 94.1 Å². The van der Waals surface area contributed by atoms with Gasteiger partial charge >= 0.3 is 0 Å². The molecule has 3 nitrogen and oxygen atoms in total. The molecule has 1 heterocycles.